The van der Waals surface area contributed by atoms with E-state index in [4.69, 9.17) is 10.5 Å². The maximum Gasteiger partial charge on any atom is 0.251 e. The van der Waals surface area contributed by atoms with Gasteiger partial charge in [-0.15, -0.1) is 0 Å². The van der Waals surface area contributed by atoms with Crippen LogP contribution in [0.1, 0.15) is 18.4 Å². The molecule has 1 atom stereocenters. The molecule has 1 unspecified atom stereocenters. The summed E-state index contributed by atoms with van der Waals surface area (Å²) in [5.41, 5.74) is 7.55. The van der Waals surface area contributed by atoms with Crippen LogP contribution in [0.25, 0.3) is 0 Å². The summed E-state index contributed by atoms with van der Waals surface area (Å²) in [6.07, 6.45) is 1.54. The molecule has 0 radical (unpaired) electrons. The van der Waals surface area contributed by atoms with Crippen molar-refractivity contribution in [3.05, 3.63) is 29.8 Å². The van der Waals surface area contributed by atoms with E-state index >= 15 is 0 Å². The van der Waals surface area contributed by atoms with E-state index in [2.05, 4.69) is 0 Å². The summed E-state index contributed by atoms with van der Waals surface area (Å²) in [6, 6.07) is 7.60. The Kier molecular flexibility index (Phi) is 3.64. The highest BCUT2D eigenvalue weighted by molar-refractivity contribution is 5.81. The topological polar surface area (TPSA) is 55.6 Å². The van der Waals surface area contributed by atoms with Crippen molar-refractivity contribution >= 4 is 11.6 Å². The second-order valence-electron chi connectivity index (χ2n) is 4.39. The number of amides is 1. The molecule has 4 nitrogen and oxygen atoms in total. The molecular weight excluding hydrogens is 216 g/mol. The van der Waals surface area contributed by atoms with E-state index in [1.807, 2.05) is 24.3 Å². The third-order valence-corrected chi connectivity index (χ3v) is 3.04. The zero-order chi connectivity index (χ0) is 12.3. The SMILES string of the molecule is CN(Cc1ccccc1N)C(=O)C1CCCO1. The van der Waals surface area contributed by atoms with Gasteiger partial charge in [0.05, 0.1) is 0 Å². The minimum atomic E-state index is -0.259. The Morgan fingerprint density at radius 3 is 2.94 bits per heavy atom. The van der Waals surface area contributed by atoms with Crippen molar-refractivity contribution in [2.75, 3.05) is 19.4 Å². The van der Waals surface area contributed by atoms with E-state index in [9.17, 15) is 4.79 Å². The van der Waals surface area contributed by atoms with E-state index in [1.165, 1.54) is 0 Å². The van der Waals surface area contributed by atoms with Crippen LogP contribution in [0.15, 0.2) is 24.3 Å². The first-order chi connectivity index (χ1) is 8.18. The van der Waals surface area contributed by atoms with Crippen molar-refractivity contribution in [1.29, 1.82) is 0 Å². The van der Waals surface area contributed by atoms with Gasteiger partial charge >= 0.3 is 0 Å². The van der Waals surface area contributed by atoms with Gasteiger partial charge in [-0.05, 0) is 24.5 Å². The normalized spacial score (nSPS) is 19.2. The molecule has 1 heterocycles. The van der Waals surface area contributed by atoms with Crippen molar-refractivity contribution in [2.45, 2.75) is 25.5 Å². The van der Waals surface area contributed by atoms with Crippen molar-refractivity contribution in [1.82, 2.24) is 4.90 Å². The lowest BCUT2D eigenvalue weighted by Crippen LogP contribution is -2.35. The summed E-state index contributed by atoms with van der Waals surface area (Å²) in [5, 5.41) is 0. The first-order valence-corrected chi connectivity index (χ1v) is 5.88. The van der Waals surface area contributed by atoms with Crippen LogP contribution in [0.3, 0.4) is 0 Å². The van der Waals surface area contributed by atoms with E-state index < -0.39 is 0 Å². The number of nitrogens with zero attached hydrogens (tertiary/aromatic N) is 1. The Morgan fingerprint density at radius 2 is 2.29 bits per heavy atom. The first kappa shape index (κ1) is 11.9. The van der Waals surface area contributed by atoms with Crippen LogP contribution < -0.4 is 5.73 Å². The highest BCUT2D eigenvalue weighted by Gasteiger charge is 2.26. The Balaban J connectivity index is 1.99. The maximum absolute atomic E-state index is 12.0. The molecule has 1 aliphatic heterocycles. The lowest BCUT2D eigenvalue weighted by atomic mass is 10.1. The van der Waals surface area contributed by atoms with Crippen LogP contribution >= 0.6 is 0 Å². The predicted octanol–water partition coefficient (Wildman–Crippen LogP) is 1.41. The third kappa shape index (κ3) is 2.77. The van der Waals surface area contributed by atoms with Crippen LogP contribution in [0.4, 0.5) is 5.69 Å². The molecule has 1 amide bonds. The summed E-state index contributed by atoms with van der Waals surface area (Å²) in [4.78, 5) is 13.7. The number of hydrogen-bond donors (Lipinski definition) is 1. The molecule has 92 valence electrons. The molecule has 0 saturated carbocycles. The fraction of sp³-hybridized carbons (Fsp3) is 0.462. The molecule has 2 rings (SSSR count). The van der Waals surface area contributed by atoms with Crippen molar-refractivity contribution < 1.29 is 9.53 Å². The number of rotatable bonds is 3. The number of carbonyl (C=O) groups is 1. The molecule has 4 heteroatoms. The second-order valence-corrected chi connectivity index (χ2v) is 4.39. The molecule has 1 aromatic carbocycles. The van der Waals surface area contributed by atoms with E-state index in [0.29, 0.717) is 13.2 Å². The fourth-order valence-electron chi connectivity index (χ4n) is 2.03. The number of nitrogens with two attached hydrogens (primary N) is 1. The van der Waals surface area contributed by atoms with Gasteiger partial charge in [-0.3, -0.25) is 4.79 Å². The van der Waals surface area contributed by atoms with Gasteiger partial charge in [0.1, 0.15) is 6.10 Å². The molecule has 0 aromatic heterocycles. The van der Waals surface area contributed by atoms with Crippen molar-refractivity contribution in [2.24, 2.45) is 0 Å². The largest absolute Gasteiger partial charge is 0.398 e. The maximum atomic E-state index is 12.0. The molecule has 1 saturated heterocycles. The highest BCUT2D eigenvalue weighted by atomic mass is 16.5. The van der Waals surface area contributed by atoms with Crippen molar-refractivity contribution in [3.63, 3.8) is 0 Å². The number of hydrogen-bond acceptors (Lipinski definition) is 3. The Bertz CT molecular complexity index is 400. The minimum Gasteiger partial charge on any atom is -0.398 e. The average molecular weight is 234 g/mol. The summed E-state index contributed by atoms with van der Waals surface area (Å²) < 4.78 is 5.38. The van der Waals surface area contributed by atoms with Crippen LogP contribution in [-0.2, 0) is 16.1 Å². The van der Waals surface area contributed by atoms with Gasteiger partial charge in [0.25, 0.3) is 5.91 Å². The second kappa shape index (κ2) is 5.19. The number of para-hydroxylation sites is 1. The lowest BCUT2D eigenvalue weighted by Gasteiger charge is -2.21. The highest BCUT2D eigenvalue weighted by Crippen LogP contribution is 2.17. The van der Waals surface area contributed by atoms with Crippen molar-refractivity contribution in [3.8, 4) is 0 Å². The van der Waals surface area contributed by atoms with Crippen LogP contribution in [0, 0.1) is 0 Å². The predicted molar refractivity (Wildman–Crippen MR) is 66.3 cm³/mol. The Morgan fingerprint density at radius 1 is 1.53 bits per heavy atom. The van der Waals surface area contributed by atoms with Gasteiger partial charge in [0.15, 0.2) is 0 Å². The van der Waals surface area contributed by atoms with Gasteiger partial charge in [-0.1, -0.05) is 18.2 Å². The molecule has 2 N–H and O–H groups in total. The number of anilines is 1. The molecule has 0 bridgehead atoms. The molecule has 1 aliphatic rings. The molecule has 0 spiro atoms. The summed E-state index contributed by atoms with van der Waals surface area (Å²) in [5.74, 6) is 0.0470. The molecule has 1 aromatic rings. The quantitative estimate of drug-likeness (QED) is 0.804. The molecule has 1 fully saturated rings. The third-order valence-electron chi connectivity index (χ3n) is 3.04. The zero-order valence-electron chi connectivity index (χ0n) is 10.1. The number of nitrogen functional groups attached to an aromatic ring is 1. The number of ether oxygens (including phenoxy) is 1. The van der Waals surface area contributed by atoms with E-state index in [1.54, 1.807) is 11.9 Å². The smallest absolute Gasteiger partial charge is 0.251 e. The lowest BCUT2D eigenvalue weighted by molar-refractivity contribution is -0.140. The summed E-state index contributed by atoms with van der Waals surface area (Å²) in [7, 11) is 1.79. The van der Waals surface area contributed by atoms with E-state index in [-0.39, 0.29) is 12.0 Å². The van der Waals surface area contributed by atoms with Gasteiger partial charge in [-0.2, -0.15) is 0 Å². The van der Waals surface area contributed by atoms with Crippen LogP contribution in [0.2, 0.25) is 0 Å². The molecule has 0 aliphatic carbocycles. The molecule has 17 heavy (non-hydrogen) atoms. The summed E-state index contributed by atoms with van der Waals surface area (Å²) >= 11 is 0. The molecular formula is C13H18N2O2. The van der Waals surface area contributed by atoms with Crippen LogP contribution in [0.5, 0.6) is 0 Å². The first-order valence-electron chi connectivity index (χ1n) is 5.88. The minimum absolute atomic E-state index is 0.0470. The van der Waals surface area contributed by atoms with E-state index in [0.717, 1.165) is 24.1 Å². The summed E-state index contributed by atoms with van der Waals surface area (Å²) in [6.45, 7) is 1.23. The number of likely N-dealkylation sites (N-methyl/N-ethyl adjacent to an activating group) is 1. The standard InChI is InChI=1S/C13H18N2O2/c1-15(13(16)12-7-4-8-17-12)9-10-5-2-3-6-11(10)14/h2-3,5-6,12H,4,7-9,14H2,1H3. The van der Waals surface area contributed by atoms with Gasteiger partial charge < -0.3 is 15.4 Å². The number of carbonyl (C=O) groups excluding carboxylic acids is 1. The van der Waals surface area contributed by atoms with Gasteiger partial charge in [0, 0.05) is 25.9 Å². The van der Waals surface area contributed by atoms with Crippen LogP contribution in [-0.4, -0.2) is 30.6 Å². The van der Waals surface area contributed by atoms with Gasteiger partial charge in [-0.25, -0.2) is 0 Å². The Labute approximate surface area is 101 Å². The monoisotopic (exact) mass is 234 g/mol. The fourth-order valence-corrected chi connectivity index (χ4v) is 2.03. The Hall–Kier alpha value is -1.55. The zero-order valence-corrected chi connectivity index (χ0v) is 10.1. The average Bonchev–Trinajstić information content (AvgIpc) is 2.84. The number of benzene rings is 1. The van der Waals surface area contributed by atoms with Gasteiger partial charge in [0.2, 0.25) is 0 Å².